The lowest BCUT2D eigenvalue weighted by Gasteiger charge is -2.19. The predicted molar refractivity (Wildman–Crippen MR) is 85.1 cm³/mol. The van der Waals surface area contributed by atoms with E-state index in [0.29, 0.717) is 15.8 Å². The van der Waals surface area contributed by atoms with Gasteiger partial charge >= 0.3 is 0 Å². The highest BCUT2D eigenvalue weighted by Crippen LogP contribution is 2.35. The van der Waals surface area contributed by atoms with Crippen LogP contribution in [0.25, 0.3) is 0 Å². The molecule has 0 radical (unpaired) electrons. The maximum Gasteiger partial charge on any atom is 0.147 e. The third-order valence-electron chi connectivity index (χ3n) is 3.16. The van der Waals surface area contributed by atoms with Crippen LogP contribution in [-0.2, 0) is 0 Å². The summed E-state index contributed by atoms with van der Waals surface area (Å²) in [6.07, 6.45) is 0.972. The summed E-state index contributed by atoms with van der Waals surface area (Å²) in [6, 6.07) is 13.4. The molecule has 0 aliphatic carbocycles. The molecular formula is C16H17Cl2NO. The van der Waals surface area contributed by atoms with Gasteiger partial charge in [0.1, 0.15) is 11.5 Å². The molecule has 1 unspecified atom stereocenters. The van der Waals surface area contributed by atoms with E-state index in [1.807, 2.05) is 25.2 Å². The third kappa shape index (κ3) is 3.45. The summed E-state index contributed by atoms with van der Waals surface area (Å²) in [5.41, 5.74) is 1.11. The summed E-state index contributed by atoms with van der Waals surface area (Å²) < 4.78 is 5.95. The maximum absolute atomic E-state index is 6.15. The van der Waals surface area contributed by atoms with Gasteiger partial charge in [0.15, 0.2) is 0 Å². The van der Waals surface area contributed by atoms with Crippen molar-refractivity contribution < 1.29 is 4.74 Å². The number of hydrogen-bond donors (Lipinski definition) is 1. The lowest BCUT2D eigenvalue weighted by molar-refractivity contribution is 0.459. The molecule has 0 aliphatic rings. The van der Waals surface area contributed by atoms with Crippen molar-refractivity contribution in [3.05, 3.63) is 58.1 Å². The van der Waals surface area contributed by atoms with Crippen molar-refractivity contribution >= 4 is 23.2 Å². The van der Waals surface area contributed by atoms with Crippen molar-refractivity contribution in [2.45, 2.75) is 19.4 Å². The van der Waals surface area contributed by atoms with Crippen LogP contribution >= 0.6 is 23.2 Å². The third-order valence-corrected chi connectivity index (χ3v) is 3.71. The molecule has 0 bridgehead atoms. The Morgan fingerprint density at radius 1 is 1.10 bits per heavy atom. The first kappa shape index (κ1) is 15.2. The highest BCUT2D eigenvalue weighted by Gasteiger charge is 2.14. The molecule has 0 saturated carbocycles. The average Bonchev–Trinajstić information content (AvgIpc) is 2.46. The molecule has 0 fully saturated rings. The topological polar surface area (TPSA) is 21.3 Å². The second kappa shape index (κ2) is 6.98. The van der Waals surface area contributed by atoms with Gasteiger partial charge in [-0.15, -0.1) is 0 Å². The van der Waals surface area contributed by atoms with Crippen LogP contribution in [0.15, 0.2) is 42.5 Å². The molecule has 4 heteroatoms. The van der Waals surface area contributed by atoms with E-state index in [-0.39, 0.29) is 6.04 Å². The zero-order valence-electron chi connectivity index (χ0n) is 11.5. The van der Waals surface area contributed by atoms with Gasteiger partial charge in [0, 0.05) is 22.7 Å². The van der Waals surface area contributed by atoms with E-state index in [9.17, 15) is 0 Å². The molecule has 2 rings (SSSR count). The van der Waals surface area contributed by atoms with Crippen LogP contribution < -0.4 is 10.1 Å². The van der Waals surface area contributed by atoms with Gasteiger partial charge in [-0.1, -0.05) is 48.3 Å². The minimum atomic E-state index is 0.240. The largest absolute Gasteiger partial charge is 0.455 e. The average molecular weight is 310 g/mol. The van der Waals surface area contributed by atoms with E-state index >= 15 is 0 Å². The van der Waals surface area contributed by atoms with Crippen LogP contribution in [-0.4, -0.2) is 7.05 Å². The lowest BCUT2D eigenvalue weighted by atomic mass is 10.0. The number of benzene rings is 2. The summed E-state index contributed by atoms with van der Waals surface area (Å²) in [4.78, 5) is 0. The number of nitrogens with one attached hydrogen (secondary N) is 1. The Bertz CT molecular complexity index is 582. The fourth-order valence-electron chi connectivity index (χ4n) is 2.11. The van der Waals surface area contributed by atoms with Gasteiger partial charge in [0.05, 0.1) is 5.02 Å². The van der Waals surface area contributed by atoms with Crippen molar-refractivity contribution in [2.75, 3.05) is 7.05 Å². The molecule has 1 N–H and O–H groups in total. The standard InChI is InChI=1S/C16H17Cl2NO/c1-3-14(19-2)12-6-4-5-7-15(12)20-16-10-11(17)8-9-13(16)18/h4-10,14,19H,3H2,1-2H3. The number of para-hydroxylation sites is 1. The Kier molecular flexibility index (Phi) is 5.30. The molecule has 0 aliphatic heterocycles. The number of ether oxygens (including phenoxy) is 1. The summed E-state index contributed by atoms with van der Waals surface area (Å²) in [5, 5.41) is 4.42. The monoisotopic (exact) mass is 309 g/mol. The van der Waals surface area contributed by atoms with E-state index in [0.717, 1.165) is 17.7 Å². The van der Waals surface area contributed by atoms with Gasteiger partial charge in [0.2, 0.25) is 0 Å². The van der Waals surface area contributed by atoms with E-state index < -0.39 is 0 Å². The molecule has 2 nitrogen and oxygen atoms in total. The normalized spacial score (nSPS) is 12.2. The minimum Gasteiger partial charge on any atom is -0.455 e. The molecule has 0 saturated heterocycles. The molecule has 106 valence electrons. The van der Waals surface area contributed by atoms with E-state index in [1.54, 1.807) is 18.2 Å². The van der Waals surface area contributed by atoms with Crippen LogP contribution in [0.4, 0.5) is 0 Å². The van der Waals surface area contributed by atoms with Gasteiger partial charge in [-0.05, 0) is 31.7 Å². The molecule has 0 spiro atoms. The zero-order chi connectivity index (χ0) is 14.5. The molecule has 20 heavy (non-hydrogen) atoms. The summed E-state index contributed by atoms with van der Waals surface area (Å²) in [5.74, 6) is 1.36. The van der Waals surface area contributed by atoms with E-state index in [2.05, 4.69) is 18.3 Å². The van der Waals surface area contributed by atoms with Gasteiger partial charge < -0.3 is 10.1 Å². The lowest BCUT2D eigenvalue weighted by Crippen LogP contribution is -2.15. The first-order chi connectivity index (χ1) is 9.65. The van der Waals surface area contributed by atoms with Crippen LogP contribution in [0, 0.1) is 0 Å². The van der Waals surface area contributed by atoms with Crippen molar-refractivity contribution in [1.29, 1.82) is 0 Å². The van der Waals surface area contributed by atoms with Crippen LogP contribution in [0.2, 0.25) is 10.0 Å². The Morgan fingerprint density at radius 3 is 2.55 bits per heavy atom. The molecule has 2 aromatic carbocycles. The highest BCUT2D eigenvalue weighted by atomic mass is 35.5. The van der Waals surface area contributed by atoms with Crippen LogP contribution in [0.1, 0.15) is 24.9 Å². The highest BCUT2D eigenvalue weighted by molar-refractivity contribution is 6.34. The molecule has 0 heterocycles. The molecule has 2 aromatic rings. The Balaban J connectivity index is 2.36. The fourth-order valence-corrected chi connectivity index (χ4v) is 2.43. The van der Waals surface area contributed by atoms with Gasteiger partial charge in [-0.2, -0.15) is 0 Å². The minimum absolute atomic E-state index is 0.240. The van der Waals surface area contributed by atoms with Crippen molar-refractivity contribution in [2.24, 2.45) is 0 Å². The van der Waals surface area contributed by atoms with Crippen molar-refractivity contribution in [1.82, 2.24) is 5.32 Å². The summed E-state index contributed by atoms with van der Waals surface area (Å²) in [6.45, 7) is 2.13. The van der Waals surface area contributed by atoms with Crippen LogP contribution in [0.5, 0.6) is 11.5 Å². The second-order valence-corrected chi connectivity index (χ2v) is 5.31. The van der Waals surface area contributed by atoms with E-state index in [1.165, 1.54) is 0 Å². The number of hydrogen-bond acceptors (Lipinski definition) is 2. The smallest absolute Gasteiger partial charge is 0.147 e. The number of halogens is 2. The Labute approximate surface area is 129 Å². The first-order valence-corrected chi connectivity index (χ1v) is 7.30. The predicted octanol–water partition coefficient (Wildman–Crippen LogP) is 5.46. The summed E-state index contributed by atoms with van der Waals surface area (Å²) in [7, 11) is 1.94. The van der Waals surface area contributed by atoms with Gasteiger partial charge in [-0.3, -0.25) is 0 Å². The van der Waals surface area contributed by atoms with Crippen molar-refractivity contribution in [3.63, 3.8) is 0 Å². The van der Waals surface area contributed by atoms with Gasteiger partial charge in [0.25, 0.3) is 0 Å². The SMILES string of the molecule is CCC(NC)c1ccccc1Oc1cc(Cl)ccc1Cl. The second-order valence-electron chi connectivity index (χ2n) is 4.46. The first-order valence-electron chi connectivity index (χ1n) is 6.54. The van der Waals surface area contributed by atoms with Crippen LogP contribution in [0.3, 0.4) is 0 Å². The maximum atomic E-state index is 6.15. The Morgan fingerprint density at radius 2 is 1.85 bits per heavy atom. The number of rotatable bonds is 5. The van der Waals surface area contributed by atoms with Gasteiger partial charge in [-0.25, -0.2) is 0 Å². The quantitative estimate of drug-likeness (QED) is 0.792. The Hall–Kier alpha value is -1.22. The molecule has 1 atom stereocenters. The molecule has 0 aromatic heterocycles. The molecular weight excluding hydrogens is 293 g/mol. The molecule has 0 amide bonds. The summed E-state index contributed by atoms with van der Waals surface area (Å²) >= 11 is 12.1. The van der Waals surface area contributed by atoms with Crippen molar-refractivity contribution in [3.8, 4) is 11.5 Å². The van der Waals surface area contributed by atoms with E-state index in [4.69, 9.17) is 27.9 Å². The zero-order valence-corrected chi connectivity index (χ0v) is 13.0. The fraction of sp³-hybridized carbons (Fsp3) is 0.250.